The average molecular weight is 439 g/mol. The lowest BCUT2D eigenvalue weighted by Crippen LogP contribution is -2.36. The lowest BCUT2D eigenvalue weighted by atomic mass is 10.1. The topological polar surface area (TPSA) is 74.8 Å². The number of alkyl halides is 2. The van der Waals surface area contributed by atoms with E-state index in [0.29, 0.717) is 35.2 Å². The highest BCUT2D eigenvalue weighted by Gasteiger charge is 2.11. The summed E-state index contributed by atoms with van der Waals surface area (Å²) in [6, 6.07) is 11.7. The number of nitrogens with one attached hydrogen (secondary N) is 3. The largest absolute Gasteiger partial charge is 0.434 e. The normalized spacial score (nSPS) is 11.3. The number of halogens is 3. The highest BCUT2D eigenvalue weighted by molar-refractivity contribution is 6.30. The van der Waals surface area contributed by atoms with E-state index in [-0.39, 0.29) is 18.2 Å². The van der Waals surface area contributed by atoms with Crippen LogP contribution in [-0.2, 0) is 13.1 Å². The molecule has 0 spiro atoms. The zero-order chi connectivity index (χ0) is 21.9. The van der Waals surface area contributed by atoms with Crippen LogP contribution in [0.5, 0.6) is 5.75 Å². The molecule has 0 heterocycles. The first kappa shape index (κ1) is 23.4. The molecule has 0 fully saturated rings. The van der Waals surface area contributed by atoms with Crippen molar-refractivity contribution in [3.8, 4) is 5.75 Å². The summed E-state index contributed by atoms with van der Waals surface area (Å²) in [7, 11) is 1.60. The summed E-state index contributed by atoms with van der Waals surface area (Å²) < 4.78 is 29.7. The third-order valence-electron chi connectivity index (χ3n) is 4.09. The van der Waals surface area contributed by atoms with Crippen LogP contribution in [-0.4, -0.2) is 32.1 Å². The van der Waals surface area contributed by atoms with Crippen molar-refractivity contribution in [3.05, 3.63) is 64.2 Å². The Morgan fingerprint density at radius 1 is 1.13 bits per heavy atom. The van der Waals surface area contributed by atoms with E-state index in [2.05, 4.69) is 25.7 Å². The maximum Gasteiger partial charge on any atom is 0.387 e. The van der Waals surface area contributed by atoms with Crippen LogP contribution in [0.4, 0.5) is 8.78 Å². The van der Waals surface area contributed by atoms with Crippen molar-refractivity contribution in [1.29, 1.82) is 0 Å². The second-order valence-electron chi connectivity index (χ2n) is 6.37. The Balaban J connectivity index is 1.96. The van der Waals surface area contributed by atoms with Gasteiger partial charge in [-0.1, -0.05) is 30.7 Å². The number of carbonyl (C=O) groups excluding carboxylic acids is 1. The zero-order valence-electron chi connectivity index (χ0n) is 16.8. The molecule has 0 aliphatic carbocycles. The van der Waals surface area contributed by atoms with Gasteiger partial charge in [0.1, 0.15) is 5.75 Å². The van der Waals surface area contributed by atoms with Crippen molar-refractivity contribution < 1.29 is 18.3 Å². The summed E-state index contributed by atoms with van der Waals surface area (Å²) in [4.78, 5) is 16.2. The number of ether oxygens (including phenoxy) is 1. The van der Waals surface area contributed by atoms with Gasteiger partial charge in [-0.2, -0.15) is 8.78 Å². The van der Waals surface area contributed by atoms with Crippen molar-refractivity contribution in [2.75, 3.05) is 13.6 Å². The molecular weight excluding hydrogens is 414 g/mol. The minimum atomic E-state index is -2.93. The SMILES string of the molecule is CCCNC(=O)c1cccc(CNC(=NC)NCc2cc(Cl)ccc2OC(F)F)c1. The summed E-state index contributed by atoms with van der Waals surface area (Å²) in [6.07, 6.45) is 0.867. The fraction of sp³-hybridized carbons (Fsp3) is 0.333. The number of rotatable bonds is 9. The minimum absolute atomic E-state index is 0.0446. The Labute approximate surface area is 179 Å². The highest BCUT2D eigenvalue weighted by atomic mass is 35.5. The summed E-state index contributed by atoms with van der Waals surface area (Å²) in [5.74, 6) is 0.385. The highest BCUT2D eigenvalue weighted by Crippen LogP contribution is 2.24. The number of hydrogen-bond donors (Lipinski definition) is 3. The number of carbonyl (C=O) groups is 1. The van der Waals surface area contributed by atoms with Crippen molar-refractivity contribution >= 4 is 23.5 Å². The van der Waals surface area contributed by atoms with E-state index in [1.165, 1.54) is 12.1 Å². The van der Waals surface area contributed by atoms with Gasteiger partial charge in [-0.05, 0) is 42.3 Å². The van der Waals surface area contributed by atoms with Gasteiger partial charge in [-0.3, -0.25) is 9.79 Å². The van der Waals surface area contributed by atoms with E-state index in [1.54, 1.807) is 25.2 Å². The van der Waals surface area contributed by atoms with Gasteiger partial charge in [0.05, 0.1) is 0 Å². The lowest BCUT2D eigenvalue weighted by Gasteiger charge is -2.15. The molecule has 9 heteroatoms. The zero-order valence-corrected chi connectivity index (χ0v) is 17.6. The summed E-state index contributed by atoms with van der Waals surface area (Å²) in [5.41, 5.74) is 1.95. The molecule has 3 N–H and O–H groups in total. The van der Waals surface area contributed by atoms with Crippen LogP contribution in [0, 0.1) is 0 Å². The molecule has 0 aromatic heterocycles. The molecule has 0 saturated carbocycles. The van der Waals surface area contributed by atoms with E-state index in [1.807, 2.05) is 19.1 Å². The third kappa shape index (κ3) is 7.51. The van der Waals surface area contributed by atoms with E-state index >= 15 is 0 Å². The van der Waals surface area contributed by atoms with Crippen LogP contribution >= 0.6 is 11.6 Å². The maximum atomic E-state index is 12.6. The fourth-order valence-corrected chi connectivity index (χ4v) is 2.84. The van der Waals surface area contributed by atoms with E-state index < -0.39 is 6.61 Å². The summed E-state index contributed by atoms with van der Waals surface area (Å²) >= 11 is 5.97. The molecule has 0 radical (unpaired) electrons. The van der Waals surface area contributed by atoms with E-state index in [9.17, 15) is 13.6 Å². The van der Waals surface area contributed by atoms with Crippen molar-refractivity contribution in [3.63, 3.8) is 0 Å². The first-order valence-corrected chi connectivity index (χ1v) is 9.85. The molecule has 1 amide bonds. The van der Waals surface area contributed by atoms with E-state index in [4.69, 9.17) is 11.6 Å². The molecule has 0 bridgehead atoms. The molecule has 0 aliphatic heterocycles. The van der Waals surface area contributed by atoms with Crippen molar-refractivity contribution in [1.82, 2.24) is 16.0 Å². The van der Waals surface area contributed by atoms with Gasteiger partial charge >= 0.3 is 6.61 Å². The number of nitrogens with zero attached hydrogens (tertiary/aromatic N) is 1. The first-order chi connectivity index (χ1) is 14.4. The van der Waals surface area contributed by atoms with Gasteiger partial charge in [-0.25, -0.2) is 0 Å². The molecule has 2 rings (SSSR count). The minimum Gasteiger partial charge on any atom is -0.434 e. The van der Waals surface area contributed by atoms with Crippen LogP contribution in [0.25, 0.3) is 0 Å². The lowest BCUT2D eigenvalue weighted by molar-refractivity contribution is -0.0504. The van der Waals surface area contributed by atoms with E-state index in [0.717, 1.165) is 12.0 Å². The molecule has 162 valence electrons. The number of aliphatic imine (C=N–C) groups is 1. The number of amides is 1. The number of guanidine groups is 1. The molecule has 2 aromatic rings. The molecule has 2 aromatic carbocycles. The summed E-state index contributed by atoms with van der Waals surface area (Å²) in [6.45, 7) is 0.292. The van der Waals surface area contributed by atoms with Gasteiger partial charge in [0.15, 0.2) is 5.96 Å². The van der Waals surface area contributed by atoms with Crippen molar-refractivity contribution in [2.45, 2.75) is 33.0 Å². The Morgan fingerprint density at radius 2 is 1.90 bits per heavy atom. The molecule has 0 unspecified atom stereocenters. The predicted molar refractivity (Wildman–Crippen MR) is 114 cm³/mol. The van der Waals surface area contributed by atoms with Crippen LogP contribution in [0.2, 0.25) is 5.02 Å². The van der Waals surface area contributed by atoms with Crippen molar-refractivity contribution in [2.24, 2.45) is 4.99 Å². The Morgan fingerprint density at radius 3 is 2.60 bits per heavy atom. The van der Waals surface area contributed by atoms with Crippen LogP contribution in [0.3, 0.4) is 0 Å². The Hall–Kier alpha value is -2.87. The first-order valence-electron chi connectivity index (χ1n) is 9.47. The standard InChI is InChI=1S/C21H25ClF2N4O2/c1-3-9-26-19(29)15-6-4-5-14(10-15)12-27-21(25-2)28-13-16-11-17(22)7-8-18(16)30-20(23)24/h4-8,10-11,20H,3,9,12-13H2,1-2H3,(H,26,29)(H2,25,27,28). The average Bonchev–Trinajstić information content (AvgIpc) is 2.73. The van der Waals surface area contributed by atoms with Crippen LogP contribution < -0.4 is 20.7 Å². The molecule has 0 aliphatic rings. The smallest absolute Gasteiger partial charge is 0.387 e. The molecular formula is C21H25ClF2N4O2. The molecule has 30 heavy (non-hydrogen) atoms. The van der Waals surface area contributed by atoms with Gasteiger partial charge in [0.2, 0.25) is 0 Å². The van der Waals surface area contributed by atoms with Gasteiger partial charge in [0.25, 0.3) is 5.91 Å². The molecule has 0 saturated heterocycles. The van der Waals surface area contributed by atoms with Gasteiger partial charge < -0.3 is 20.7 Å². The number of benzene rings is 2. The van der Waals surface area contributed by atoms with Gasteiger partial charge in [0, 0.05) is 42.8 Å². The van der Waals surface area contributed by atoms with Crippen LogP contribution in [0.15, 0.2) is 47.5 Å². The maximum absolute atomic E-state index is 12.6. The quantitative estimate of drug-likeness (QED) is 0.409. The Bertz CT molecular complexity index is 878. The second-order valence-corrected chi connectivity index (χ2v) is 6.80. The molecule has 6 nitrogen and oxygen atoms in total. The fourth-order valence-electron chi connectivity index (χ4n) is 2.65. The van der Waals surface area contributed by atoms with Gasteiger partial charge in [-0.15, -0.1) is 0 Å². The Kier molecular flexibility index (Phi) is 9.34. The third-order valence-corrected chi connectivity index (χ3v) is 4.33. The second kappa shape index (κ2) is 12.0. The molecule has 0 atom stereocenters. The summed E-state index contributed by atoms with van der Waals surface area (Å²) in [5, 5.41) is 9.42. The predicted octanol–water partition coefficient (Wildman–Crippen LogP) is 3.95. The number of hydrogen-bond acceptors (Lipinski definition) is 3. The monoisotopic (exact) mass is 438 g/mol. The van der Waals surface area contributed by atoms with Crippen LogP contribution in [0.1, 0.15) is 34.8 Å².